The van der Waals surface area contributed by atoms with Gasteiger partial charge in [-0.3, -0.25) is 0 Å². The minimum Gasteiger partial charge on any atom is -0.425 e. The lowest BCUT2D eigenvalue weighted by atomic mass is 10.1. The van der Waals surface area contributed by atoms with Crippen molar-refractivity contribution in [2.45, 2.75) is 26.8 Å². The van der Waals surface area contributed by atoms with Crippen LogP contribution >= 0.6 is 11.6 Å². The molecule has 1 atom stereocenters. The molecule has 0 saturated heterocycles. The van der Waals surface area contributed by atoms with Gasteiger partial charge in [-0.05, 0) is 36.6 Å². The maximum Gasteiger partial charge on any atom is 0.328 e. The molecule has 4 heteroatoms. The molecule has 0 aliphatic heterocycles. The van der Waals surface area contributed by atoms with E-state index in [4.69, 9.17) is 22.1 Å². The molecule has 0 spiro atoms. The van der Waals surface area contributed by atoms with E-state index in [-0.39, 0.29) is 5.92 Å². The van der Waals surface area contributed by atoms with Crippen LogP contribution in [-0.4, -0.2) is 12.0 Å². The Morgan fingerprint density at radius 1 is 1.44 bits per heavy atom. The number of hydrogen-bond acceptors (Lipinski definition) is 3. The van der Waals surface area contributed by atoms with Gasteiger partial charge in [0.15, 0.2) is 0 Å². The lowest BCUT2D eigenvalue weighted by molar-refractivity contribution is -0.136. The van der Waals surface area contributed by atoms with Gasteiger partial charge in [0.05, 0.1) is 0 Å². The van der Waals surface area contributed by atoms with Crippen LogP contribution in [0.2, 0.25) is 5.02 Å². The van der Waals surface area contributed by atoms with Crippen LogP contribution in [0.15, 0.2) is 18.2 Å². The van der Waals surface area contributed by atoms with Crippen molar-refractivity contribution in [1.82, 2.24) is 0 Å². The molecule has 0 aliphatic rings. The van der Waals surface area contributed by atoms with E-state index in [0.717, 1.165) is 5.56 Å². The summed E-state index contributed by atoms with van der Waals surface area (Å²) in [5, 5.41) is 0.616. The average molecular weight is 242 g/mol. The van der Waals surface area contributed by atoms with Gasteiger partial charge in [0, 0.05) is 5.02 Å². The lowest BCUT2D eigenvalue weighted by Crippen LogP contribution is -2.38. The topological polar surface area (TPSA) is 52.3 Å². The summed E-state index contributed by atoms with van der Waals surface area (Å²) in [6.45, 7) is 5.58. The van der Waals surface area contributed by atoms with E-state index in [2.05, 4.69) is 0 Å². The Labute approximate surface area is 101 Å². The standard InChI is InChI=1S/C12H16ClNO2/c1-7(2)11(14)12(15)16-10-5-4-9(13)6-8(10)3/h4-7,11H,14H2,1-3H3/t11-/m0/s1. The minimum absolute atomic E-state index is 0.0557. The number of halogens is 1. The average Bonchev–Trinajstić information content (AvgIpc) is 2.20. The zero-order valence-corrected chi connectivity index (χ0v) is 10.4. The first-order chi connectivity index (χ1) is 7.41. The number of rotatable bonds is 3. The Hall–Kier alpha value is -1.06. The Balaban J connectivity index is 2.77. The molecule has 0 aromatic heterocycles. The molecule has 0 fully saturated rings. The fourth-order valence-corrected chi connectivity index (χ4v) is 1.40. The predicted molar refractivity (Wildman–Crippen MR) is 64.6 cm³/mol. The highest BCUT2D eigenvalue weighted by Gasteiger charge is 2.19. The third-order valence-corrected chi connectivity index (χ3v) is 2.57. The first-order valence-corrected chi connectivity index (χ1v) is 5.53. The summed E-state index contributed by atoms with van der Waals surface area (Å²) < 4.78 is 5.20. The number of nitrogens with two attached hydrogens (primary N) is 1. The fraction of sp³-hybridized carbons (Fsp3) is 0.417. The van der Waals surface area contributed by atoms with Gasteiger partial charge in [0.2, 0.25) is 0 Å². The summed E-state index contributed by atoms with van der Waals surface area (Å²) in [7, 11) is 0. The number of ether oxygens (including phenoxy) is 1. The normalized spacial score (nSPS) is 12.6. The minimum atomic E-state index is -0.602. The Morgan fingerprint density at radius 2 is 2.06 bits per heavy atom. The summed E-state index contributed by atoms with van der Waals surface area (Å²) in [5.74, 6) is 0.144. The highest BCUT2D eigenvalue weighted by atomic mass is 35.5. The van der Waals surface area contributed by atoms with Gasteiger partial charge in [-0.1, -0.05) is 25.4 Å². The number of hydrogen-bond donors (Lipinski definition) is 1. The Kier molecular flexibility index (Phi) is 4.33. The van der Waals surface area contributed by atoms with Crippen LogP contribution in [0.5, 0.6) is 5.75 Å². The van der Waals surface area contributed by atoms with E-state index < -0.39 is 12.0 Å². The van der Waals surface area contributed by atoms with Crippen molar-refractivity contribution < 1.29 is 9.53 Å². The lowest BCUT2D eigenvalue weighted by Gasteiger charge is -2.15. The number of carbonyl (C=O) groups excluding carboxylic acids is 1. The SMILES string of the molecule is Cc1cc(Cl)ccc1OC(=O)[C@@H](N)C(C)C. The van der Waals surface area contributed by atoms with Crippen molar-refractivity contribution >= 4 is 17.6 Å². The third-order valence-electron chi connectivity index (χ3n) is 2.34. The van der Waals surface area contributed by atoms with Crippen LogP contribution < -0.4 is 10.5 Å². The van der Waals surface area contributed by atoms with Crippen molar-refractivity contribution in [2.75, 3.05) is 0 Å². The molecule has 0 unspecified atom stereocenters. The molecular formula is C12H16ClNO2. The molecule has 0 bridgehead atoms. The molecule has 0 saturated carbocycles. The highest BCUT2D eigenvalue weighted by Crippen LogP contribution is 2.22. The fourth-order valence-electron chi connectivity index (χ4n) is 1.18. The molecule has 88 valence electrons. The summed E-state index contributed by atoms with van der Waals surface area (Å²) in [6, 6.07) is 4.49. The molecule has 1 aromatic rings. The van der Waals surface area contributed by atoms with E-state index in [0.29, 0.717) is 10.8 Å². The molecular weight excluding hydrogens is 226 g/mol. The quantitative estimate of drug-likeness (QED) is 0.654. The van der Waals surface area contributed by atoms with Crippen LogP contribution in [-0.2, 0) is 4.79 Å². The number of esters is 1. The van der Waals surface area contributed by atoms with Crippen LogP contribution in [0.4, 0.5) is 0 Å². The van der Waals surface area contributed by atoms with E-state index in [1.807, 2.05) is 20.8 Å². The van der Waals surface area contributed by atoms with Gasteiger partial charge in [0.1, 0.15) is 11.8 Å². The number of carbonyl (C=O) groups is 1. The van der Waals surface area contributed by atoms with Gasteiger partial charge in [-0.15, -0.1) is 0 Å². The third kappa shape index (κ3) is 3.22. The second-order valence-corrected chi connectivity index (χ2v) is 4.54. The van der Waals surface area contributed by atoms with Crippen molar-refractivity contribution in [2.24, 2.45) is 11.7 Å². The molecule has 1 rings (SSSR count). The van der Waals surface area contributed by atoms with E-state index >= 15 is 0 Å². The monoisotopic (exact) mass is 241 g/mol. The smallest absolute Gasteiger partial charge is 0.328 e. The van der Waals surface area contributed by atoms with E-state index in [9.17, 15) is 4.79 Å². The van der Waals surface area contributed by atoms with Gasteiger partial charge >= 0.3 is 5.97 Å². The first kappa shape index (κ1) is 13.0. The van der Waals surface area contributed by atoms with Gasteiger partial charge in [-0.25, -0.2) is 4.79 Å². The number of aryl methyl sites for hydroxylation is 1. The molecule has 2 N–H and O–H groups in total. The zero-order valence-electron chi connectivity index (χ0n) is 9.66. The maximum absolute atomic E-state index is 11.6. The summed E-state index contributed by atoms with van der Waals surface area (Å²) >= 11 is 5.80. The van der Waals surface area contributed by atoms with Crippen molar-refractivity contribution in [3.8, 4) is 5.75 Å². The largest absolute Gasteiger partial charge is 0.425 e. The molecule has 0 aliphatic carbocycles. The Bertz CT molecular complexity index is 391. The van der Waals surface area contributed by atoms with Gasteiger partial charge in [-0.2, -0.15) is 0 Å². The zero-order chi connectivity index (χ0) is 12.3. The molecule has 3 nitrogen and oxygen atoms in total. The molecule has 0 radical (unpaired) electrons. The molecule has 0 amide bonds. The van der Waals surface area contributed by atoms with Crippen LogP contribution in [0.3, 0.4) is 0 Å². The highest BCUT2D eigenvalue weighted by molar-refractivity contribution is 6.30. The second kappa shape index (κ2) is 5.32. The number of benzene rings is 1. The van der Waals surface area contributed by atoms with Gasteiger partial charge in [0.25, 0.3) is 0 Å². The first-order valence-electron chi connectivity index (χ1n) is 5.15. The van der Waals surface area contributed by atoms with E-state index in [1.54, 1.807) is 18.2 Å². The molecule has 0 heterocycles. The summed E-state index contributed by atoms with van der Waals surface area (Å²) in [4.78, 5) is 11.6. The molecule has 16 heavy (non-hydrogen) atoms. The Morgan fingerprint density at radius 3 is 2.56 bits per heavy atom. The predicted octanol–water partition coefficient (Wildman–Crippen LogP) is 2.54. The summed E-state index contributed by atoms with van der Waals surface area (Å²) in [5.41, 5.74) is 6.50. The van der Waals surface area contributed by atoms with Crippen LogP contribution in [0.25, 0.3) is 0 Å². The van der Waals surface area contributed by atoms with Crippen molar-refractivity contribution in [3.05, 3.63) is 28.8 Å². The van der Waals surface area contributed by atoms with Crippen molar-refractivity contribution in [1.29, 1.82) is 0 Å². The van der Waals surface area contributed by atoms with Gasteiger partial charge < -0.3 is 10.5 Å². The van der Waals surface area contributed by atoms with Crippen LogP contribution in [0.1, 0.15) is 19.4 Å². The van der Waals surface area contributed by atoms with Crippen molar-refractivity contribution in [3.63, 3.8) is 0 Å². The van der Waals surface area contributed by atoms with E-state index in [1.165, 1.54) is 0 Å². The van der Waals surface area contributed by atoms with Crippen LogP contribution in [0, 0.1) is 12.8 Å². The molecule has 1 aromatic carbocycles. The summed E-state index contributed by atoms with van der Waals surface area (Å²) in [6.07, 6.45) is 0. The second-order valence-electron chi connectivity index (χ2n) is 4.10. The maximum atomic E-state index is 11.6.